The average Bonchev–Trinajstić information content (AvgIpc) is 2.47. The van der Waals surface area contributed by atoms with Crippen LogP contribution in [-0.2, 0) is 4.74 Å². The van der Waals surface area contributed by atoms with Crippen LogP contribution in [-0.4, -0.2) is 55.6 Å². The van der Waals surface area contributed by atoms with Crippen LogP contribution in [0.2, 0.25) is 0 Å². The average molecular weight is 262 g/mol. The molecule has 1 saturated heterocycles. The number of aliphatic hydroxyl groups excluding tert-OH is 1. The van der Waals surface area contributed by atoms with Gasteiger partial charge in [0.2, 0.25) is 0 Å². The van der Waals surface area contributed by atoms with E-state index in [1.54, 1.807) is 24.3 Å². The number of nitrogens with zero attached hydrogens (tertiary/aromatic N) is 2. The minimum Gasteiger partial charge on any atom is -0.491 e. The van der Waals surface area contributed by atoms with Crippen LogP contribution in [0.5, 0.6) is 5.75 Å². The summed E-state index contributed by atoms with van der Waals surface area (Å²) in [7, 11) is 0. The van der Waals surface area contributed by atoms with Crippen LogP contribution < -0.4 is 4.74 Å². The van der Waals surface area contributed by atoms with E-state index in [1.165, 1.54) is 0 Å². The first-order valence-electron chi connectivity index (χ1n) is 6.39. The quantitative estimate of drug-likeness (QED) is 0.843. The zero-order valence-electron chi connectivity index (χ0n) is 10.8. The molecule has 5 heteroatoms. The molecule has 102 valence electrons. The highest BCUT2D eigenvalue weighted by Crippen LogP contribution is 2.12. The number of hydrogen-bond acceptors (Lipinski definition) is 5. The predicted octanol–water partition coefficient (Wildman–Crippen LogP) is 0.630. The van der Waals surface area contributed by atoms with Gasteiger partial charge in [-0.1, -0.05) is 0 Å². The molecule has 0 saturated carbocycles. The Labute approximate surface area is 113 Å². The van der Waals surface area contributed by atoms with E-state index in [1.807, 2.05) is 6.07 Å². The Morgan fingerprint density at radius 2 is 2.00 bits per heavy atom. The Kier molecular flexibility index (Phi) is 5.16. The van der Waals surface area contributed by atoms with Crippen molar-refractivity contribution in [1.82, 2.24) is 4.90 Å². The maximum atomic E-state index is 9.90. The Morgan fingerprint density at radius 1 is 1.32 bits per heavy atom. The van der Waals surface area contributed by atoms with Gasteiger partial charge in [-0.2, -0.15) is 5.26 Å². The van der Waals surface area contributed by atoms with Gasteiger partial charge in [0, 0.05) is 19.6 Å². The molecular formula is C14H18N2O3. The Hall–Kier alpha value is -1.61. The largest absolute Gasteiger partial charge is 0.491 e. The summed E-state index contributed by atoms with van der Waals surface area (Å²) in [5.41, 5.74) is 0.598. The monoisotopic (exact) mass is 262 g/mol. The van der Waals surface area contributed by atoms with Gasteiger partial charge in [0.05, 0.1) is 24.8 Å². The van der Waals surface area contributed by atoms with Gasteiger partial charge in [-0.05, 0) is 24.3 Å². The molecule has 0 aromatic heterocycles. The lowest BCUT2D eigenvalue weighted by Crippen LogP contribution is -2.42. The number of hydrogen-bond donors (Lipinski definition) is 1. The van der Waals surface area contributed by atoms with Gasteiger partial charge in [-0.15, -0.1) is 0 Å². The SMILES string of the molecule is N#Cc1ccc(OCC(O)CN2CCOCC2)cc1. The molecule has 0 spiro atoms. The second-order valence-corrected chi connectivity index (χ2v) is 4.51. The van der Waals surface area contributed by atoms with Crippen molar-refractivity contribution in [2.75, 3.05) is 39.5 Å². The molecule has 1 N–H and O–H groups in total. The van der Waals surface area contributed by atoms with Crippen LogP contribution in [0, 0.1) is 11.3 Å². The van der Waals surface area contributed by atoms with Crippen molar-refractivity contribution >= 4 is 0 Å². The molecule has 5 nitrogen and oxygen atoms in total. The third kappa shape index (κ3) is 4.52. The Bertz CT molecular complexity index is 421. The van der Waals surface area contributed by atoms with Crippen molar-refractivity contribution in [3.8, 4) is 11.8 Å². The molecule has 0 radical (unpaired) electrons. The fourth-order valence-corrected chi connectivity index (χ4v) is 1.95. The van der Waals surface area contributed by atoms with Crippen LogP contribution in [0.1, 0.15) is 5.56 Å². The topological polar surface area (TPSA) is 65.7 Å². The van der Waals surface area contributed by atoms with E-state index in [0.29, 0.717) is 17.9 Å². The van der Waals surface area contributed by atoms with Crippen LogP contribution >= 0.6 is 0 Å². The molecule has 2 rings (SSSR count). The molecule has 19 heavy (non-hydrogen) atoms. The number of aliphatic hydroxyl groups is 1. The molecule has 1 aromatic carbocycles. The number of rotatable bonds is 5. The zero-order chi connectivity index (χ0) is 13.5. The lowest BCUT2D eigenvalue weighted by Gasteiger charge is -2.28. The molecule has 0 bridgehead atoms. The molecule has 1 unspecified atom stereocenters. The van der Waals surface area contributed by atoms with Gasteiger partial charge in [-0.25, -0.2) is 0 Å². The second-order valence-electron chi connectivity index (χ2n) is 4.51. The van der Waals surface area contributed by atoms with Gasteiger partial charge in [0.15, 0.2) is 0 Å². The maximum absolute atomic E-state index is 9.90. The summed E-state index contributed by atoms with van der Waals surface area (Å²) < 4.78 is 10.7. The molecular weight excluding hydrogens is 244 g/mol. The fourth-order valence-electron chi connectivity index (χ4n) is 1.95. The van der Waals surface area contributed by atoms with Gasteiger partial charge in [-0.3, -0.25) is 4.90 Å². The van der Waals surface area contributed by atoms with Crippen LogP contribution in [0.25, 0.3) is 0 Å². The van der Waals surface area contributed by atoms with E-state index in [4.69, 9.17) is 14.7 Å². The summed E-state index contributed by atoms with van der Waals surface area (Å²) in [6.07, 6.45) is -0.520. The molecule has 0 amide bonds. The number of benzene rings is 1. The van der Waals surface area contributed by atoms with Crippen molar-refractivity contribution in [2.45, 2.75) is 6.10 Å². The maximum Gasteiger partial charge on any atom is 0.119 e. The third-order valence-electron chi connectivity index (χ3n) is 3.00. The molecule has 1 aromatic rings. The molecule has 1 aliphatic heterocycles. The number of β-amino-alcohol motifs (C(OH)–C–C–N with tert-alkyl or cyclic N) is 1. The van der Waals surface area contributed by atoms with Crippen LogP contribution in [0.4, 0.5) is 0 Å². The van der Waals surface area contributed by atoms with Crippen molar-refractivity contribution in [3.63, 3.8) is 0 Å². The molecule has 1 heterocycles. The molecule has 1 atom stereocenters. The summed E-state index contributed by atoms with van der Waals surface area (Å²) in [5.74, 6) is 0.667. The molecule has 1 fully saturated rings. The van der Waals surface area contributed by atoms with Crippen molar-refractivity contribution in [3.05, 3.63) is 29.8 Å². The lowest BCUT2D eigenvalue weighted by atomic mass is 10.2. The van der Waals surface area contributed by atoms with E-state index in [2.05, 4.69) is 4.90 Å². The zero-order valence-corrected chi connectivity index (χ0v) is 10.8. The Balaban J connectivity index is 1.73. The minimum absolute atomic E-state index is 0.253. The summed E-state index contributed by atoms with van der Waals surface area (Å²) in [4.78, 5) is 2.16. The van der Waals surface area contributed by atoms with E-state index in [9.17, 15) is 5.11 Å². The highest BCUT2D eigenvalue weighted by atomic mass is 16.5. The summed E-state index contributed by atoms with van der Waals surface area (Å²) in [6, 6.07) is 8.92. The van der Waals surface area contributed by atoms with Crippen LogP contribution in [0.15, 0.2) is 24.3 Å². The van der Waals surface area contributed by atoms with Crippen molar-refractivity contribution in [2.24, 2.45) is 0 Å². The molecule has 1 aliphatic rings. The summed E-state index contributed by atoms with van der Waals surface area (Å²) >= 11 is 0. The minimum atomic E-state index is -0.520. The van der Waals surface area contributed by atoms with Gasteiger partial charge in [0.25, 0.3) is 0 Å². The highest BCUT2D eigenvalue weighted by molar-refractivity contribution is 5.34. The fraction of sp³-hybridized carbons (Fsp3) is 0.500. The first kappa shape index (κ1) is 13.8. The first-order valence-corrected chi connectivity index (χ1v) is 6.39. The number of ether oxygens (including phenoxy) is 2. The normalized spacial score (nSPS) is 17.7. The third-order valence-corrected chi connectivity index (χ3v) is 3.00. The van der Waals surface area contributed by atoms with Crippen molar-refractivity contribution < 1.29 is 14.6 Å². The first-order chi connectivity index (χ1) is 9.28. The standard InChI is InChI=1S/C14H18N2O3/c15-9-12-1-3-14(4-2-12)19-11-13(17)10-16-5-7-18-8-6-16/h1-4,13,17H,5-8,10-11H2. The number of morpholine rings is 1. The van der Waals surface area contributed by atoms with Crippen molar-refractivity contribution in [1.29, 1.82) is 5.26 Å². The highest BCUT2D eigenvalue weighted by Gasteiger charge is 2.15. The number of nitriles is 1. The van der Waals surface area contributed by atoms with E-state index in [-0.39, 0.29) is 6.61 Å². The van der Waals surface area contributed by atoms with Gasteiger partial charge < -0.3 is 14.6 Å². The second kappa shape index (κ2) is 7.10. The summed E-state index contributed by atoms with van der Waals surface area (Å²) in [6.45, 7) is 4.01. The van der Waals surface area contributed by atoms with E-state index in [0.717, 1.165) is 26.3 Å². The molecule has 0 aliphatic carbocycles. The lowest BCUT2D eigenvalue weighted by molar-refractivity contribution is 0.00465. The van der Waals surface area contributed by atoms with E-state index < -0.39 is 6.10 Å². The summed E-state index contributed by atoms with van der Waals surface area (Å²) in [5, 5.41) is 18.6. The predicted molar refractivity (Wildman–Crippen MR) is 69.9 cm³/mol. The van der Waals surface area contributed by atoms with Gasteiger partial charge >= 0.3 is 0 Å². The van der Waals surface area contributed by atoms with E-state index >= 15 is 0 Å². The smallest absolute Gasteiger partial charge is 0.119 e. The van der Waals surface area contributed by atoms with Crippen LogP contribution in [0.3, 0.4) is 0 Å². The van der Waals surface area contributed by atoms with Gasteiger partial charge in [0.1, 0.15) is 18.5 Å². The Morgan fingerprint density at radius 3 is 2.63 bits per heavy atom.